The Bertz CT molecular complexity index is 699. The molecule has 2 aromatic rings. The Morgan fingerprint density at radius 3 is 2.64 bits per heavy atom. The molecule has 0 unspecified atom stereocenters. The molecule has 114 valence electrons. The molecule has 1 aromatic heterocycles. The Morgan fingerprint density at radius 1 is 1.23 bits per heavy atom. The highest BCUT2D eigenvalue weighted by molar-refractivity contribution is 7.18. The summed E-state index contributed by atoms with van der Waals surface area (Å²) in [7, 11) is 0. The van der Waals surface area contributed by atoms with Crippen molar-refractivity contribution in [2.24, 2.45) is 0 Å². The van der Waals surface area contributed by atoms with Gasteiger partial charge in [-0.3, -0.25) is 9.59 Å². The highest BCUT2D eigenvalue weighted by atomic mass is 35.5. The molecule has 0 saturated carbocycles. The zero-order valence-electron chi connectivity index (χ0n) is 11.6. The third-order valence-electron chi connectivity index (χ3n) is 3.33. The van der Waals surface area contributed by atoms with Crippen LogP contribution in [0.25, 0.3) is 0 Å². The molecule has 7 heteroatoms. The Morgan fingerprint density at radius 2 is 2.00 bits per heavy atom. The number of anilines is 2. The number of thiophene rings is 1. The maximum absolute atomic E-state index is 12.0. The van der Waals surface area contributed by atoms with Gasteiger partial charge >= 0.3 is 0 Å². The minimum absolute atomic E-state index is 0.0261. The van der Waals surface area contributed by atoms with Crippen LogP contribution in [0.5, 0.6) is 0 Å². The first-order chi connectivity index (χ1) is 10.6. The summed E-state index contributed by atoms with van der Waals surface area (Å²) >= 11 is 7.07. The van der Waals surface area contributed by atoms with Crippen molar-refractivity contribution in [1.29, 1.82) is 0 Å². The van der Waals surface area contributed by atoms with Crippen LogP contribution >= 0.6 is 22.9 Å². The molecule has 0 aliphatic carbocycles. The summed E-state index contributed by atoms with van der Waals surface area (Å²) in [5.41, 5.74) is 1.67. The number of halogens is 1. The molecule has 1 aliphatic heterocycles. The predicted octanol–water partition coefficient (Wildman–Crippen LogP) is 2.59. The Kier molecular flexibility index (Phi) is 4.31. The van der Waals surface area contributed by atoms with Crippen molar-refractivity contribution in [2.45, 2.75) is 0 Å². The minimum Gasteiger partial charge on any atom is -0.360 e. The molecule has 0 spiro atoms. The lowest BCUT2D eigenvalue weighted by molar-refractivity contribution is -0.120. The smallest absolute Gasteiger partial charge is 0.265 e. The summed E-state index contributed by atoms with van der Waals surface area (Å²) in [6, 6.07) is 10.9. The van der Waals surface area contributed by atoms with Gasteiger partial charge in [0.25, 0.3) is 5.91 Å². The minimum atomic E-state index is -0.179. The van der Waals surface area contributed by atoms with Crippen LogP contribution in [0, 0.1) is 0 Å². The van der Waals surface area contributed by atoms with Gasteiger partial charge in [-0.15, -0.1) is 11.3 Å². The third kappa shape index (κ3) is 3.40. The number of amides is 2. The highest BCUT2D eigenvalue weighted by Gasteiger charge is 2.16. The molecule has 2 heterocycles. The van der Waals surface area contributed by atoms with E-state index >= 15 is 0 Å². The van der Waals surface area contributed by atoms with E-state index in [2.05, 4.69) is 10.6 Å². The van der Waals surface area contributed by atoms with Crippen LogP contribution < -0.4 is 15.5 Å². The van der Waals surface area contributed by atoms with E-state index in [1.54, 1.807) is 12.1 Å². The molecule has 22 heavy (non-hydrogen) atoms. The van der Waals surface area contributed by atoms with E-state index in [9.17, 15) is 9.59 Å². The molecule has 2 amide bonds. The number of benzene rings is 1. The van der Waals surface area contributed by atoms with Gasteiger partial charge in [0.15, 0.2) is 0 Å². The summed E-state index contributed by atoms with van der Waals surface area (Å²) in [5.74, 6) is -0.153. The zero-order chi connectivity index (χ0) is 15.5. The maximum Gasteiger partial charge on any atom is 0.265 e. The molecule has 5 nitrogen and oxygen atoms in total. The van der Waals surface area contributed by atoms with Crippen LogP contribution in [0.4, 0.5) is 11.4 Å². The third-order valence-corrected chi connectivity index (χ3v) is 4.56. The fourth-order valence-corrected chi connectivity index (χ4v) is 3.18. The molecule has 3 rings (SSSR count). The summed E-state index contributed by atoms with van der Waals surface area (Å²) in [4.78, 5) is 26.0. The Hall–Kier alpha value is -2.05. The average Bonchev–Trinajstić information content (AvgIpc) is 2.95. The van der Waals surface area contributed by atoms with Gasteiger partial charge < -0.3 is 15.5 Å². The van der Waals surface area contributed by atoms with Gasteiger partial charge in [-0.25, -0.2) is 0 Å². The van der Waals surface area contributed by atoms with Crippen LogP contribution in [0.3, 0.4) is 0 Å². The average molecular weight is 336 g/mol. The van der Waals surface area contributed by atoms with Crippen molar-refractivity contribution in [2.75, 3.05) is 29.9 Å². The second-order valence-corrected chi connectivity index (χ2v) is 6.59. The van der Waals surface area contributed by atoms with Crippen LogP contribution in [0.1, 0.15) is 9.67 Å². The number of nitrogens with one attached hydrogen (secondary N) is 2. The molecule has 1 fully saturated rings. The van der Waals surface area contributed by atoms with E-state index in [1.165, 1.54) is 11.3 Å². The molecule has 1 aromatic carbocycles. The Labute approximate surface area is 136 Å². The second-order valence-electron chi connectivity index (χ2n) is 4.88. The largest absolute Gasteiger partial charge is 0.360 e. The maximum atomic E-state index is 12.0. The van der Waals surface area contributed by atoms with Crippen molar-refractivity contribution in [3.05, 3.63) is 45.6 Å². The lowest BCUT2D eigenvalue weighted by atomic mass is 10.2. The zero-order valence-corrected chi connectivity index (χ0v) is 13.2. The topological polar surface area (TPSA) is 61.4 Å². The molecule has 2 N–H and O–H groups in total. The predicted molar refractivity (Wildman–Crippen MR) is 88.9 cm³/mol. The molecular weight excluding hydrogens is 322 g/mol. The fraction of sp³-hybridized carbons (Fsp3) is 0.200. The molecule has 0 atom stereocenters. The van der Waals surface area contributed by atoms with Crippen molar-refractivity contribution >= 4 is 46.1 Å². The first-order valence-electron chi connectivity index (χ1n) is 6.80. The van der Waals surface area contributed by atoms with Crippen molar-refractivity contribution in [3.8, 4) is 0 Å². The fourth-order valence-electron chi connectivity index (χ4n) is 2.24. The summed E-state index contributed by atoms with van der Waals surface area (Å²) in [5, 5.41) is 5.62. The van der Waals surface area contributed by atoms with E-state index in [-0.39, 0.29) is 11.8 Å². The van der Waals surface area contributed by atoms with E-state index in [0.717, 1.165) is 12.2 Å². The van der Waals surface area contributed by atoms with Crippen molar-refractivity contribution < 1.29 is 9.59 Å². The van der Waals surface area contributed by atoms with E-state index in [1.807, 2.05) is 29.2 Å². The quantitative estimate of drug-likeness (QED) is 0.906. The molecule has 1 saturated heterocycles. The monoisotopic (exact) mass is 335 g/mol. The lowest BCUT2D eigenvalue weighted by Crippen LogP contribution is -2.47. The van der Waals surface area contributed by atoms with E-state index in [4.69, 9.17) is 11.6 Å². The van der Waals surface area contributed by atoms with Crippen molar-refractivity contribution in [3.63, 3.8) is 0 Å². The molecule has 0 radical (unpaired) electrons. The lowest BCUT2D eigenvalue weighted by Gasteiger charge is -2.28. The van der Waals surface area contributed by atoms with Gasteiger partial charge in [-0.05, 0) is 36.4 Å². The molecular formula is C15H14ClN3O2S. The summed E-state index contributed by atoms with van der Waals surface area (Å²) in [6.45, 7) is 1.79. The Balaban J connectivity index is 1.66. The van der Waals surface area contributed by atoms with Crippen LogP contribution in [0.2, 0.25) is 4.34 Å². The van der Waals surface area contributed by atoms with Gasteiger partial charge in [0.05, 0.1) is 15.8 Å². The van der Waals surface area contributed by atoms with Crippen molar-refractivity contribution in [1.82, 2.24) is 5.32 Å². The van der Waals surface area contributed by atoms with Crippen LogP contribution in [0.15, 0.2) is 36.4 Å². The number of hydrogen-bond acceptors (Lipinski definition) is 4. The SMILES string of the molecule is O=C1CN(c2ccc(NC(=O)c3ccc(Cl)s3)cc2)CCN1. The number of carbonyl (C=O) groups is 2. The number of carbonyl (C=O) groups excluding carboxylic acids is 2. The standard InChI is InChI=1S/C15H14ClN3O2S/c16-13-6-5-12(22-13)15(21)18-10-1-3-11(4-2-10)19-8-7-17-14(20)9-19/h1-6H,7-9H2,(H,17,20)(H,18,21). The van der Waals surface area contributed by atoms with Gasteiger partial charge in [0.2, 0.25) is 5.91 Å². The summed E-state index contributed by atoms with van der Waals surface area (Å²) < 4.78 is 0.587. The number of hydrogen-bond donors (Lipinski definition) is 2. The first-order valence-corrected chi connectivity index (χ1v) is 8.00. The van der Waals surface area contributed by atoms with Gasteiger partial charge in [-0.2, -0.15) is 0 Å². The van der Waals surface area contributed by atoms with Crippen LogP contribution in [-0.4, -0.2) is 31.4 Å². The number of piperazine rings is 1. The molecule has 0 bridgehead atoms. The summed E-state index contributed by atoms with van der Waals surface area (Å²) in [6.07, 6.45) is 0. The van der Waals surface area contributed by atoms with E-state index in [0.29, 0.717) is 28.0 Å². The highest BCUT2D eigenvalue weighted by Crippen LogP contribution is 2.23. The van der Waals surface area contributed by atoms with E-state index < -0.39 is 0 Å². The molecule has 1 aliphatic rings. The van der Waals surface area contributed by atoms with Gasteiger partial charge in [0.1, 0.15) is 0 Å². The van der Waals surface area contributed by atoms with Gasteiger partial charge in [-0.1, -0.05) is 11.6 Å². The number of nitrogens with zero attached hydrogens (tertiary/aromatic N) is 1. The normalized spacial score (nSPS) is 14.6. The van der Waals surface area contributed by atoms with Crippen LogP contribution in [-0.2, 0) is 4.79 Å². The number of rotatable bonds is 3. The van der Waals surface area contributed by atoms with Gasteiger partial charge in [0, 0.05) is 24.5 Å². The first kappa shape index (κ1) is 14.9. The second kappa shape index (κ2) is 6.37.